The van der Waals surface area contributed by atoms with Crippen LogP contribution in [0.4, 0.5) is 0 Å². The van der Waals surface area contributed by atoms with Gasteiger partial charge in [-0.15, -0.1) is 0 Å². The average molecular weight is 133 g/mol. The maximum absolute atomic E-state index is 9.13. The van der Waals surface area contributed by atoms with Crippen LogP contribution in [-0.4, -0.2) is 12.6 Å². The summed E-state index contributed by atoms with van der Waals surface area (Å²) in [7, 11) is 1.57. The van der Waals surface area contributed by atoms with Crippen LogP contribution in [0.25, 0.3) is 0 Å². The van der Waals surface area contributed by atoms with Crippen molar-refractivity contribution in [2.75, 3.05) is 0 Å². The number of hydrogen-bond acceptors (Lipinski definition) is 2. The van der Waals surface area contributed by atoms with E-state index in [-0.39, 0.29) is 0 Å². The smallest absolute Gasteiger partial charge is 0.334 e. The number of benzene rings is 1. The molecule has 49 valence electrons. The molecule has 0 aliphatic carbocycles. The zero-order chi connectivity index (χ0) is 6.97. The van der Waals surface area contributed by atoms with Crippen LogP contribution in [0, 0.1) is 0 Å². The van der Waals surface area contributed by atoms with Crippen molar-refractivity contribution in [2.24, 2.45) is 0 Å². The van der Waals surface area contributed by atoms with E-state index in [2.05, 4.69) is 0 Å². The molecule has 0 amide bonds. The predicted octanol–water partition coefficient (Wildman–Crippen LogP) is -0.0478. The summed E-state index contributed by atoms with van der Waals surface area (Å²) in [5.41, 5.74) is 1.82. The molecular weight excluding hydrogens is 127 g/mol. The van der Waals surface area contributed by atoms with Crippen molar-refractivity contribution in [1.82, 2.24) is 0 Å². The van der Waals surface area contributed by atoms with Crippen molar-refractivity contribution in [2.45, 2.75) is 6.29 Å². The fourth-order valence-electron chi connectivity index (χ4n) is 1.05. The van der Waals surface area contributed by atoms with Gasteiger partial charge in [-0.3, -0.25) is 0 Å². The minimum atomic E-state index is -0.754. The van der Waals surface area contributed by atoms with Crippen molar-refractivity contribution in [3.8, 4) is 0 Å². The second-order valence-electron chi connectivity index (χ2n) is 2.24. The Balaban J connectivity index is 2.51. The molecule has 2 nitrogen and oxygen atoms in total. The number of rotatable bonds is 0. The zero-order valence-electron chi connectivity index (χ0n) is 5.32. The lowest BCUT2D eigenvalue weighted by Gasteiger charge is -2.01. The molecule has 1 aliphatic rings. The second-order valence-corrected chi connectivity index (χ2v) is 2.24. The van der Waals surface area contributed by atoms with Gasteiger partial charge in [0.25, 0.3) is 0 Å². The molecule has 1 heterocycles. The minimum absolute atomic E-state index is 0.754. The first-order chi connectivity index (χ1) is 4.88. The van der Waals surface area contributed by atoms with Crippen LogP contribution in [0.5, 0.6) is 0 Å². The van der Waals surface area contributed by atoms with Crippen LogP contribution in [0.15, 0.2) is 24.3 Å². The van der Waals surface area contributed by atoms with Crippen LogP contribution in [0.2, 0.25) is 0 Å². The van der Waals surface area contributed by atoms with Crippen molar-refractivity contribution in [3.05, 3.63) is 29.8 Å². The SMILES string of the molecule is OC1O[B]c2ccccc21. The summed E-state index contributed by atoms with van der Waals surface area (Å²) in [6.07, 6.45) is -0.754. The van der Waals surface area contributed by atoms with Crippen LogP contribution >= 0.6 is 0 Å². The molecule has 1 radical (unpaired) electrons. The molecule has 1 unspecified atom stereocenters. The summed E-state index contributed by atoms with van der Waals surface area (Å²) in [5, 5.41) is 9.13. The number of aliphatic hydroxyl groups is 1. The van der Waals surface area contributed by atoms with E-state index < -0.39 is 6.29 Å². The summed E-state index contributed by atoms with van der Waals surface area (Å²) < 4.78 is 4.85. The second kappa shape index (κ2) is 2.11. The standard InChI is InChI=1S/C7H6BO2/c9-7-5-3-1-2-4-6(5)8-10-7/h1-4,7,9H. The third-order valence-corrected chi connectivity index (χ3v) is 1.59. The normalized spacial score (nSPS) is 21.9. The summed E-state index contributed by atoms with van der Waals surface area (Å²) in [6, 6.07) is 7.55. The topological polar surface area (TPSA) is 29.5 Å². The Hall–Kier alpha value is -0.795. The van der Waals surface area contributed by atoms with Crippen LogP contribution in [-0.2, 0) is 4.65 Å². The largest absolute Gasteiger partial charge is 0.407 e. The van der Waals surface area contributed by atoms with Gasteiger partial charge < -0.3 is 9.76 Å². The van der Waals surface area contributed by atoms with E-state index in [1.165, 1.54) is 0 Å². The van der Waals surface area contributed by atoms with Gasteiger partial charge in [0, 0.05) is 5.56 Å². The molecule has 0 bridgehead atoms. The van der Waals surface area contributed by atoms with E-state index >= 15 is 0 Å². The van der Waals surface area contributed by atoms with Crippen LogP contribution < -0.4 is 5.46 Å². The fourth-order valence-corrected chi connectivity index (χ4v) is 1.05. The number of fused-ring (bicyclic) bond motifs is 1. The Labute approximate surface area is 59.7 Å². The quantitative estimate of drug-likeness (QED) is 0.502. The fraction of sp³-hybridized carbons (Fsp3) is 0.143. The first kappa shape index (κ1) is 5.95. The monoisotopic (exact) mass is 133 g/mol. The molecule has 10 heavy (non-hydrogen) atoms. The summed E-state index contributed by atoms with van der Waals surface area (Å²) >= 11 is 0. The lowest BCUT2D eigenvalue weighted by Crippen LogP contribution is -2.09. The Morgan fingerprint density at radius 1 is 1.40 bits per heavy atom. The Morgan fingerprint density at radius 3 is 3.00 bits per heavy atom. The third-order valence-electron chi connectivity index (χ3n) is 1.59. The lowest BCUT2D eigenvalue weighted by molar-refractivity contribution is -0.00793. The first-order valence-corrected chi connectivity index (χ1v) is 3.13. The summed E-state index contributed by atoms with van der Waals surface area (Å²) in [4.78, 5) is 0. The van der Waals surface area contributed by atoms with Gasteiger partial charge in [-0.05, 0) is 5.46 Å². The number of aliphatic hydroxyl groups excluding tert-OH is 1. The van der Waals surface area contributed by atoms with Gasteiger partial charge in [-0.2, -0.15) is 0 Å². The van der Waals surface area contributed by atoms with Gasteiger partial charge in [0.2, 0.25) is 0 Å². The number of hydrogen-bond donors (Lipinski definition) is 1. The van der Waals surface area contributed by atoms with Crippen molar-refractivity contribution < 1.29 is 9.76 Å². The lowest BCUT2D eigenvalue weighted by atomic mass is 9.87. The summed E-state index contributed by atoms with van der Waals surface area (Å²) in [6.45, 7) is 0. The third kappa shape index (κ3) is 0.752. The van der Waals surface area contributed by atoms with Crippen molar-refractivity contribution >= 4 is 12.9 Å². The van der Waals surface area contributed by atoms with E-state index in [0.29, 0.717) is 0 Å². The molecular formula is C7H6BO2. The minimum Gasteiger partial charge on any atom is -0.407 e. The molecule has 1 N–H and O–H groups in total. The van der Waals surface area contributed by atoms with Crippen LogP contribution in [0.1, 0.15) is 11.9 Å². The van der Waals surface area contributed by atoms with Gasteiger partial charge >= 0.3 is 7.48 Å². The van der Waals surface area contributed by atoms with Gasteiger partial charge in [0.05, 0.1) is 0 Å². The summed E-state index contributed by atoms with van der Waals surface area (Å²) in [5.74, 6) is 0. The molecule has 0 fully saturated rings. The molecule has 1 atom stereocenters. The van der Waals surface area contributed by atoms with Gasteiger partial charge in [0.15, 0.2) is 6.29 Å². The van der Waals surface area contributed by atoms with Crippen molar-refractivity contribution in [3.63, 3.8) is 0 Å². The van der Waals surface area contributed by atoms with E-state index in [1.807, 2.05) is 24.3 Å². The molecule has 1 aromatic rings. The Kier molecular flexibility index (Phi) is 1.26. The molecule has 0 aromatic heterocycles. The highest BCUT2D eigenvalue weighted by atomic mass is 16.6. The van der Waals surface area contributed by atoms with Gasteiger partial charge in [-0.1, -0.05) is 24.3 Å². The molecule has 3 heteroatoms. The van der Waals surface area contributed by atoms with E-state index in [0.717, 1.165) is 11.0 Å². The average Bonchev–Trinajstić information content (AvgIpc) is 2.34. The predicted molar refractivity (Wildman–Crippen MR) is 37.9 cm³/mol. The van der Waals surface area contributed by atoms with Crippen LogP contribution in [0.3, 0.4) is 0 Å². The highest BCUT2D eigenvalue weighted by molar-refractivity contribution is 6.49. The molecule has 2 rings (SSSR count). The molecule has 0 saturated heterocycles. The Morgan fingerprint density at radius 2 is 2.20 bits per heavy atom. The van der Waals surface area contributed by atoms with Gasteiger partial charge in [0.1, 0.15) is 0 Å². The van der Waals surface area contributed by atoms with Gasteiger partial charge in [-0.25, -0.2) is 0 Å². The molecule has 1 aromatic carbocycles. The van der Waals surface area contributed by atoms with E-state index in [9.17, 15) is 0 Å². The maximum atomic E-state index is 9.13. The molecule has 1 aliphatic heterocycles. The molecule has 0 spiro atoms. The highest BCUT2D eigenvalue weighted by Crippen LogP contribution is 2.15. The van der Waals surface area contributed by atoms with E-state index in [1.54, 1.807) is 7.48 Å². The first-order valence-electron chi connectivity index (χ1n) is 3.13. The maximum Gasteiger partial charge on any atom is 0.334 e. The molecule has 0 saturated carbocycles. The zero-order valence-corrected chi connectivity index (χ0v) is 5.32. The Bertz CT molecular complexity index is 249. The van der Waals surface area contributed by atoms with Crippen molar-refractivity contribution in [1.29, 1.82) is 0 Å². The highest BCUT2D eigenvalue weighted by Gasteiger charge is 2.20. The van der Waals surface area contributed by atoms with E-state index in [4.69, 9.17) is 9.76 Å².